The van der Waals surface area contributed by atoms with Crippen molar-refractivity contribution in [1.82, 2.24) is 5.32 Å². The summed E-state index contributed by atoms with van der Waals surface area (Å²) in [7, 11) is 0. The molecule has 0 spiro atoms. The van der Waals surface area contributed by atoms with Gasteiger partial charge < -0.3 is 15.2 Å². The van der Waals surface area contributed by atoms with Crippen LogP contribution in [0.15, 0.2) is 15.9 Å². The maximum atomic E-state index is 9.66. The van der Waals surface area contributed by atoms with E-state index < -0.39 is 6.10 Å². The van der Waals surface area contributed by atoms with E-state index in [1.165, 1.54) is 8.66 Å². The van der Waals surface area contributed by atoms with Crippen LogP contribution >= 0.6 is 27.3 Å². The molecular weight excluding hydrogens is 314 g/mol. The van der Waals surface area contributed by atoms with Crippen molar-refractivity contribution in [3.63, 3.8) is 0 Å². The minimum atomic E-state index is -0.406. The molecule has 5 heteroatoms. The largest absolute Gasteiger partial charge is 0.389 e. The van der Waals surface area contributed by atoms with E-state index in [4.69, 9.17) is 4.74 Å². The molecule has 1 atom stereocenters. The normalized spacial score (nSPS) is 12.8. The molecule has 0 saturated heterocycles. The van der Waals surface area contributed by atoms with Crippen LogP contribution in [0.25, 0.3) is 0 Å². The molecule has 3 nitrogen and oxygen atoms in total. The lowest BCUT2D eigenvalue weighted by Gasteiger charge is -2.11. The Morgan fingerprint density at radius 2 is 2.33 bits per heavy atom. The Morgan fingerprint density at radius 1 is 1.50 bits per heavy atom. The quantitative estimate of drug-likeness (QED) is 0.646. The molecule has 1 aromatic heterocycles. The monoisotopic (exact) mass is 335 g/mol. The highest BCUT2D eigenvalue weighted by molar-refractivity contribution is 9.11. The molecule has 0 aromatic carbocycles. The Hall–Kier alpha value is 0.0600. The van der Waals surface area contributed by atoms with E-state index in [1.807, 2.05) is 0 Å². The average molecular weight is 336 g/mol. The van der Waals surface area contributed by atoms with E-state index in [-0.39, 0.29) is 0 Å². The molecule has 104 valence electrons. The number of thiophene rings is 1. The Balaban J connectivity index is 1.96. The summed E-state index contributed by atoms with van der Waals surface area (Å²) in [6.07, 6.45) is 2.79. The highest BCUT2D eigenvalue weighted by Crippen LogP contribution is 2.21. The summed E-state index contributed by atoms with van der Waals surface area (Å²) in [5.74, 6) is 0. The van der Waals surface area contributed by atoms with Gasteiger partial charge in [-0.1, -0.05) is 13.3 Å². The molecule has 0 radical (unpaired) electrons. The van der Waals surface area contributed by atoms with Crippen LogP contribution in [0, 0.1) is 0 Å². The fourth-order valence-electron chi connectivity index (χ4n) is 1.49. The SMILES string of the molecule is CCCCOCC(O)CNCCc1ccc(Br)s1. The van der Waals surface area contributed by atoms with Gasteiger partial charge in [-0.2, -0.15) is 0 Å². The van der Waals surface area contributed by atoms with Crippen molar-refractivity contribution in [2.45, 2.75) is 32.3 Å². The summed E-state index contributed by atoms with van der Waals surface area (Å²) < 4.78 is 6.53. The second-order valence-electron chi connectivity index (χ2n) is 4.24. The van der Waals surface area contributed by atoms with Crippen LogP contribution in [0.1, 0.15) is 24.6 Å². The highest BCUT2D eigenvalue weighted by Gasteiger charge is 2.03. The molecule has 1 heterocycles. The van der Waals surface area contributed by atoms with Gasteiger partial charge >= 0.3 is 0 Å². The molecule has 1 rings (SSSR count). The minimum Gasteiger partial charge on any atom is -0.389 e. The van der Waals surface area contributed by atoms with Crippen LogP contribution in [0.3, 0.4) is 0 Å². The summed E-state index contributed by atoms with van der Waals surface area (Å²) in [6.45, 7) is 4.79. The average Bonchev–Trinajstić information content (AvgIpc) is 2.76. The fraction of sp³-hybridized carbons (Fsp3) is 0.692. The van der Waals surface area contributed by atoms with E-state index in [0.29, 0.717) is 13.2 Å². The Kier molecular flexibility index (Phi) is 8.88. The summed E-state index contributed by atoms with van der Waals surface area (Å²) in [5.41, 5.74) is 0. The predicted molar refractivity (Wildman–Crippen MR) is 80.3 cm³/mol. The third kappa shape index (κ3) is 7.48. The zero-order valence-electron chi connectivity index (χ0n) is 10.8. The first-order valence-corrected chi connectivity index (χ1v) is 8.04. The molecule has 0 aliphatic heterocycles. The number of rotatable bonds is 10. The first kappa shape index (κ1) is 16.1. The predicted octanol–water partition coefficient (Wildman–Crippen LogP) is 2.82. The smallest absolute Gasteiger partial charge is 0.0897 e. The van der Waals surface area contributed by atoms with Crippen molar-refractivity contribution in [1.29, 1.82) is 0 Å². The van der Waals surface area contributed by atoms with Crippen LogP contribution < -0.4 is 5.32 Å². The summed E-state index contributed by atoms with van der Waals surface area (Å²) in [6, 6.07) is 4.19. The van der Waals surface area contributed by atoms with Crippen LogP contribution in [0.4, 0.5) is 0 Å². The maximum absolute atomic E-state index is 9.66. The molecular formula is C13H22BrNO2S. The van der Waals surface area contributed by atoms with Crippen LogP contribution in [-0.2, 0) is 11.2 Å². The lowest BCUT2D eigenvalue weighted by molar-refractivity contribution is 0.0361. The Morgan fingerprint density at radius 3 is 3.00 bits per heavy atom. The van der Waals surface area contributed by atoms with E-state index in [1.54, 1.807) is 11.3 Å². The maximum Gasteiger partial charge on any atom is 0.0897 e. The lowest BCUT2D eigenvalue weighted by atomic mass is 10.3. The van der Waals surface area contributed by atoms with Gasteiger partial charge in [-0.05, 0) is 40.9 Å². The van der Waals surface area contributed by atoms with Gasteiger partial charge in [-0.25, -0.2) is 0 Å². The molecule has 1 unspecified atom stereocenters. The number of hydrogen-bond acceptors (Lipinski definition) is 4. The fourth-order valence-corrected chi connectivity index (χ4v) is 2.97. The second-order valence-corrected chi connectivity index (χ2v) is 6.79. The highest BCUT2D eigenvalue weighted by atomic mass is 79.9. The molecule has 0 saturated carbocycles. The zero-order chi connectivity index (χ0) is 13.2. The van der Waals surface area contributed by atoms with Gasteiger partial charge in [0.25, 0.3) is 0 Å². The number of nitrogens with one attached hydrogen (secondary N) is 1. The van der Waals surface area contributed by atoms with Gasteiger partial charge in [0.15, 0.2) is 0 Å². The summed E-state index contributed by atoms with van der Waals surface area (Å²) >= 11 is 5.20. The summed E-state index contributed by atoms with van der Waals surface area (Å²) in [5, 5.41) is 12.9. The van der Waals surface area contributed by atoms with Gasteiger partial charge in [0.1, 0.15) is 0 Å². The van der Waals surface area contributed by atoms with Gasteiger partial charge in [0.2, 0.25) is 0 Å². The van der Waals surface area contributed by atoms with Crippen LogP contribution in [-0.4, -0.2) is 37.5 Å². The molecule has 0 aliphatic rings. The van der Waals surface area contributed by atoms with Gasteiger partial charge in [-0.3, -0.25) is 0 Å². The molecule has 0 fully saturated rings. The molecule has 0 bridgehead atoms. The number of aliphatic hydroxyl groups is 1. The van der Waals surface area contributed by atoms with Crippen molar-refractivity contribution < 1.29 is 9.84 Å². The third-order valence-corrected chi connectivity index (χ3v) is 4.19. The number of aliphatic hydroxyl groups excluding tert-OH is 1. The second kappa shape index (κ2) is 9.92. The Bertz CT molecular complexity index is 320. The van der Waals surface area contributed by atoms with E-state index in [0.717, 1.165) is 32.4 Å². The zero-order valence-corrected chi connectivity index (χ0v) is 13.2. The lowest BCUT2D eigenvalue weighted by Crippen LogP contribution is -2.31. The standard InChI is InChI=1S/C13H22BrNO2S/c1-2-3-8-17-10-11(16)9-15-7-6-12-4-5-13(14)18-12/h4-5,11,15-16H,2-3,6-10H2,1H3. The van der Waals surface area contributed by atoms with E-state index in [2.05, 4.69) is 40.3 Å². The minimum absolute atomic E-state index is 0.406. The van der Waals surface area contributed by atoms with E-state index in [9.17, 15) is 5.11 Å². The van der Waals surface area contributed by atoms with Crippen LogP contribution in [0.5, 0.6) is 0 Å². The molecule has 1 aromatic rings. The summed E-state index contributed by atoms with van der Waals surface area (Å²) in [4.78, 5) is 1.35. The molecule has 18 heavy (non-hydrogen) atoms. The molecule has 2 N–H and O–H groups in total. The van der Waals surface area contributed by atoms with Crippen LogP contribution in [0.2, 0.25) is 0 Å². The topological polar surface area (TPSA) is 41.5 Å². The van der Waals surface area contributed by atoms with Crippen molar-refractivity contribution in [3.8, 4) is 0 Å². The first-order valence-electron chi connectivity index (χ1n) is 6.43. The van der Waals surface area contributed by atoms with Gasteiger partial charge in [0, 0.05) is 24.6 Å². The van der Waals surface area contributed by atoms with Crippen molar-refractivity contribution in [2.24, 2.45) is 0 Å². The number of halogens is 1. The van der Waals surface area contributed by atoms with Crippen molar-refractivity contribution >= 4 is 27.3 Å². The Labute approximate surface area is 122 Å². The van der Waals surface area contributed by atoms with Crippen molar-refractivity contribution in [3.05, 3.63) is 20.8 Å². The number of hydrogen-bond donors (Lipinski definition) is 2. The van der Waals surface area contributed by atoms with E-state index >= 15 is 0 Å². The van der Waals surface area contributed by atoms with Crippen molar-refractivity contribution in [2.75, 3.05) is 26.3 Å². The number of ether oxygens (including phenoxy) is 1. The molecule has 0 aliphatic carbocycles. The third-order valence-electron chi connectivity index (χ3n) is 2.51. The first-order chi connectivity index (χ1) is 8.72. The molecule has 0 amide bonds. The number of unbranched alkanes of at least 4 members (excludes halogenated alkanes) is 1. The van der Waals surface area contributed by atoms with Gasteiger partial charge in [0.05, 0.1) is 16.5 Å². The van der Waals surface area contributed by atoms with Gasteiger partial charge in [-0.15, -0.1) is 11.3 Å².